The molecule has 130 valence electrons. The molecule has 1 atom stereocenters. The normalized spacial score (nSPS) is 12.4. The van der Waals surface area contributed by atoms with E-state index in [1.54, 1.807) is 20.2 Å². The second-order valence-electron chi connectivity index (χ2n) is 5.44. The van der Waals surface area contributed by atoms with E-state index in [9.17, 15) is 14.4 Å². The third-order valence-corrected chi connectivity index (χ3v) is 5.35. The van der Waals surface area contributed by atoms with Gasteiger partial charge in [0.15, 0.2) is 0 Å². The fourth-order valence-corrected chi connectivity index (χ4v) is 3.58. The number of carbonyl (C=O) groups excluding carboxylic acids is 1. The monoisotopic (exact) mass is 351 g/mol. The Morgan fingerprint density at radius 1 is 1.29 bits per heavy atom. The van der Waals surface area contributed by atoms with Crippen molar-refractivity contribution in [2.24, 2.45) is 14.1 Å². The third kappa shape index (κ3) is 3.10. The van der Waals surface area contributed by atoms with Crippen molar-refractivity contribution in [1.82, 2.24) is 14.1 Å². The van der Waals surface area contributed by atoms with Gasteiger partial charge < -0.3 is 4.74 Å². The van der Waals surface area contributed by atoms with Crippen LogP contribution in [-0.4, -0.2) is 31.9 Å². The Bertz CT molecular complexity index is 901. The lowest BCUT2D eigenvalue weighted by Crippen LogP contribution is -2.37. The van der Waals surface area contributed by atoms with Gasteiger partial charge in [0.1, 0.15) is 10.9 Å². The van der Waals surface area contributed by atoms with E-state index in [4.69, 9.17) is 4.74 Å². The molecule has 0 fully saturated rings. The molecule has 2 aromatic rings. The molecule has 0 amide bonds. The average Bonchev–Trinajstić information content (AvgIpc) is 2.56. The van der Waals surface area contributed by atoms with Gasteiger partial charge in [-0.05, 0) is 25.8 Å². The van der Waals surface area contributed by atoms with E-state index in [1.165, 1.54) is 23.4 Å². The second kappa shape index (κ2) is 7.21. The number of hydrogen-bond acceptors (Lipinski definition) is 6. The molecule has 0 aliphatic heterocycles. The lowest BCUT2D eigenvalue weighted by molar-refractivity contribution is -0.142. The van der Waals surface area contributed by atoms with Crippen LogP contribution in [0.3, 0.4) is 0 Å². The summed E-state index contributed by atoms with van der Waals surface area (Å²) in [7, 11) is 3.01. The highest BCUT2D eigenvalue weighted by Gasteiger charge is 2.23. The van der Waals surface area contributed by atoms with Gasteiger partial charge >= 0.3 is 11.7 Å². The van der Waals surface area contributed by atoms with Gasteiger partial charge in [0.2, 0.25) is 0 Å². The minimum atomic E-state index is -0.433. The van der Waals surface area contributed by atoms with Crippen LogP contribution >= 0.6 is 11.8 Å². The van der Waals surface area contributed by atoms with Crippen LogP contribution in [0.5, 0.6) is 0 Å². The van der Waals surface area contributed by atoms with E-state index in [0.717, 1.165) is 10.1 Å². The third-order valence-electron chi connectivity index (χ3n) is 3.78. The number of carbonyl (C=O) groups is 1. The van der Waals surface area contributed by atoms with Gasteiger partial charge in [-0.2, -0.15) is 0 Å². The summed E-state index contributed by atoms with van der Waals surface area (Å²) in [6.45, 7) is 5.79. The van der Waals surface area contributed by atoms with E-state index >= 15 is 0 Å². The maximum absolute atomic E-state index is 12.6. The summed E-state index contributed by atoms with van der Waals surface area (Å²) in [5.74, 6) is -0.309. The number of fused-ring (bicyclic) bond motifs is 1. The molecule has 0 radical (unpaired) electrons. The molecule has 0 bridgehead atoms. The highest BCUT2D eigenvalue weighted by atomic mass is 32.2. The van der Waals surface area contributed by atoms with E-state index in [1.807, 2.05) is 13.8 Å². The van der Waals surface area contributed by atoms with Crippen LogP contribution in [-0.2, 0) is 23.6 Å². The molecule has 0 saturated heterocycles. The van der Waals surface area contributed by atoms with Crippen molar-refractivity contribution in [3.63, 3.8) is 0 Å². The van der Waals surface area contributed by atoms with Crippen LogP contribution in [0.25, 0.3) is 11.0 Å². The number of esters is 1. The van der Waals surface area contributed by atoms with E-state index in [-0.39, 0.29) is 5.97 Å². The molecule has 2 aromatic heterocycles. The summed E-state index contributed by atoms with van der Waals surface area (Å²) in [4.78, 5) is 41.7. The maximum atomic E-state index is 12.6. The number of pyridine rings is 1. The zero-order valence-corrected chi connectivity index (χ0v) is 15.3. The molecule has 7 nitrogen and oxygen atoms in total. The van der Waals surface area contributed by atoms with Gasteiger partial charge in [0.05, 0.1) is 12.0 Å². The van der Waals surface area contributed by atoms with Crippen molar-refractivity contribution in [2.75, 3.05) is 6.61 Å². The molecular weight excluding hydrogens is 330 g/mol. The van der Waals surface area contributed by atoms with Crippen LogP contribution < -0.4 is 11.2 Å². The number of aromatic nitrogens is 3. The summed E-state index contributed by atoms with van der Waals surface area (Å²) < 4.78 is 7.50. The molecule has 8 heteroatoms. The van der Waals surface area contributed by atoms with E-state index in [0.29, 0.717) is 29.0 Å². The first kappa shape index (κ1) is 18.3. The Kier molecular flexibility index (Phi) is 5.48. The number of aryl methyl sites for hydroxylation is 2. The second-order valence-corrected chi connectivity index (χ2v) is 6.65. The number of thioether (sulfide) groups is 1. The Balaban J connectivity index is 2.70. The Morgan fingerprint density at radius 3 is 2.54 bits per heavy atom. The largest absolute Gasteiger partial charge is 0.465 e. The van der Waals surface area contributed by atoms with Crippen molar-refractivity contribution in [3.8, 4) is 0 Å². The molecule has 0 aliphatic rings. The van der Waals surface area contributed by atoms with Crippen molar-refractivity contribution >= 4 is 28.8 Å². The number of ether oxygens (including phenoxy) is 1. The van der Waals surface area contributed by atoms with Crippen LogP contribution in [0.4, 0.5) is 0 Å². The SMILES string of the molecule is CCOC(=O)C(CC)Sc1c(C)cnc2c1c(=O)n(C)c(=O)n2C. The Morgan fingerprint density at radius 2 is 1.96 bits per heavy atom. The first-order valence-electron chi connectivity index (χ1n) is 7.72. The van der Waals surface area contributed by atoms with Crippen molar-refractivity contribution in [2.45, 2.75) is 37.3 Å². The van der Waals surface area contributed by atoms with Gasteiger partial charge in [-0.25, -0.2) is 9.78 Å². The summed E-state index contributed by atoms with van der Waals surface area (Å²) in [6.07, 6.45) is 2.18. The lowest BCUT2D eigenvalue weighted by Gasteiger charge is -2.17. The van der Waals surface area contributed by atoms with E-state index < -0.39 is 16.5 Å². The number of rotatable bonds is 5. The molecule has 24 heavy (non-hydrogen) atoms. The smallest absolute Gasteiger partial charge is 0.332 e. The van der Waals surface area contributed by atoms with Gasteiger partial charge in [0, 0.05) is 25.2 Å². The topological polar surface area (TPSA) is 83.2 Å². The summed E-state index contributed by atoms with van der Waals surface area (Å²) in [5, 5.41) is -0.0662. The first-order chi connectivity index (χ1) is 11.3. The number of hydrogen-bond donors (Lipinski definition) is 0. The molecule has 0 aromatic carbocycles. The van der Waals surface area contributed by atoms with Gasteiger partial charge in [-0.15, -0.1) is 11.8 Å². The van der Waals surface area contributed by atoms with Gasteiger partial charge in [0.25, 0.3) is 5.56 Å². The highest BCUT2D eigenvalue weighted by molar-refractivity contribution is 8.00. The standard InChI is InChI=1S/C16H21N3O4S/c1-6-10(15(21)23-7-2)24-12-9(3)8-17-13-11(12)14(20)19(5)16(22)18(13)4/h8,10H,6-7H2,1-5H3. The zero-order chi connectivity index (χ0) is 18.0. The summed E-state index contributed by atoms with van der Waals surface area (Å²) >= 11 is 1.29. The van der Waals surface area contributed by atoms with E-state index in [2.05, 4.69) is 4.98 Å². The quantitative estimate of drug-likeness (QED) is 0.598. The molecule has 2 heterocycles. The Hall–Kier alpha value is -2.09. The van der Waals surface area contributed by atoms with Crippen molar-refractivity contribution < 1.29 is 9.53 Å². The maximum Gasteiger partial charge on any atom is 0.332 e. The first-order valence-corrected chi connectivity index (χ1v) is 8.60. The predicted octanol–water partition coefficient (Wildman–Crippen LogP) is 1.37. The summed E-state index contributed by atoms with van der Waals surface area (Å²) in [6, 6.07) is 0. The molecule has 0 N–H and O–H groups in total. The molecule has 1 unspecified atom stereocenters. The van der Waals surface area contributed by atoms with Gasteiger partial charge in [-0.1, -0.05) is 6.92 Å². The molecule has 0 saturated carbocycles. The zero-order valence-electron chi connectivity index (χ0n) is 14.5. The van der Waals surface area contributed by atoms with Gasteiger partial charge in [-0.3, -0.25) is 18.7 Å². The van der Waals surface area contributed by atoms with Crippen LogP contribution in [0.15, 0.2) is 20.7 Å². The van der Waals surface area contributed by atoms with Crippen molar-refractivity contribution in [3.05, 3.63) is 32.6 Å². The average molecular weight is 351 g/mol. The lowest BCUT2D eigenvalue weighted by atomic mass is 10.2. The summed E-state index contributed by atoms with van der Waals surface area (Å²) in [5.41, 5.74) is 0.253. The number of nitrogens with zero attached hydrogens (tertiary/aromatic N) is 3. The molecule has 0 aliphatic carbocycles. The molecule has 0 spiro atoms. The molecular formula is C16H21N3O4S. The minimum Gasteiger partial charge on any atom is -0.465 e. The fraction of sp³-hybridized carbons (Fsp3) is 0.500. The van der Waals surface area contributed by atoms with Crippen LogP contribution in [0.2, 0.25) is 0 Å². The Labute approximate surface area is 143 Å². The van der Waals surface area contributed by atoms with Crippen LogP contribution in [0, 0.1) is 6.92 Å². The van der Waals surface area contributed by atoms with Crippen molar-refractivity contribution in [1.29, 1.82) is 0 Å². The van der Waals surface area contributed by atoms with Crippen LogP contribution in [0.1, 0.15) is 25.8 Å². The minimum absolute atomic E-state index is 0.308. The predicted molar refractivity (Wildman–Crippen MR) is 93.5 cm³/mol. The highest BCUT2D eigenvalue weighted by Crippen LogP contribution is 2.32. The molecule has 2 rings (SSSR count). The fourth-order valence-electron chi connectivity index (χ4n) is 2.42.